The van der Waals surface area contributed by atoms with Crippen LogP contribution in [0, 0.1) is 20.8 Å². The highest BCUT2D eigenvalue weighted by Gasteiger charge is 2.16. The highest BCUT2D eigenvalue weighted by molar-refractivity contribution is 5.76. The molecule has 2 heterocycles. The lowest BCUT2D eigenvalue weighted by Gasteiger charge is -2.05. The molecule has 0 aliphatic heterocycles. The summed E-state index contributed by atoms with van der Waals surface area (Å²) in [7, 11) is 0. The van der Waals surface area contributed by atoms with Crippen molar-refractivity contribution < 1.29 is 5.11 Å². The van der Waals surface area contributed by atoms with Gasteiger partial charge in [0, 0.05) is 11.8 Å². The number of phenolic OH excluding ortho intramolecular Hbond substituents is 1. The van der Waals surface area contributed by atoms with E-state index in [0.29, 0.717) is 11.5 Å². The summed E-state index contributed by atoms with van der Waals surface area (Å²) >= 11 is 0. The fourth-order valence-electron chi connectivity index (χ4n) is 3.15. The van der Waals surface area contributed by atoms with Gasteiger partial charge in [0.25, 0.3) is 0 Å². The summed E-state index contributed by atoms with van der Waals surface area (Å²) in [5, 5.41) is 18.8. The van der Waals surface area contributed by atoms with Crippen LogP contribution in [0.5, 0.6) is 5.75 Å². The molecule has 0 unspecified atom stereocenters. The number of hydrogen-bond donors (Lipinski definition) is 1. The van der Waals surface area contributed by atoms with Gasteiger partial charge in [0.1, 0.15) is 22.8 Å². The van der Waals surface area contributed by atoms with Crippen molar-refractivity contribution >= 4 is 17.2 Å². The first-order chi connectivity index (χ1) is 13.0. The number of aromatic nitrogens is 2. The number of azo groups is 1. The zero-order valence-corrected chi connectivity index (χ0v) is 15.5. The van der Waals surface area contributed by atoms with E-state index in [9.17, 15) is 5.11 Å². The maximum atomic E-state index is 10.1. The predicted molar refractivity (Wildman–Crippen MR) is 107 cm³/mol. The van der Waals surface area contributed by atoms with Gasteiger partial charge in [-0.2, -0.15) is 0 Å². The molecule has 0 bridgehead atoms. The number of aromatic hydroxyl groups is 1. The fraction of sp³-hybridized carbons (Fsp3) is 0.136. The molecule has 27 heavy (non-hydrogen) atoms. The molecule has 0 spiro atoms. The van der Waals surface area contributed by atoms with Gasteiger partial charge >= 0.3 is 0 Å². The summed E-state index contributed by atoms with van der Waals surface area (Å²) in [5.41, 5.74) is 6.37. The number of aryl methyl sites for hydroxylation is 3. The second-order valence-corrected chi connectivity index (χ2v) is 6.72. The van der Waals surface area contributed by atoms with Crippen LogP contribution < -0.4 is 0 Å². The van der Waals surface area contributed by atoms with Crippen LogP contribution in [0.2, 0.25) is 0 Å². The van der Waals surface area contributed by atoms with Gasteiger partial charge in [0.15, 0.2) is 5.82 Å². The Balaban J connectivity index is 1.91. The van der Waals surface area contributed by atoms with E-state index in [0.717, 1.165) is 28.0 Å². The molecule has 1 N–H and O–H groups in total. The summed E-state index contributed by atoms with van der Waals surface area (Å²) in [5.74, 6) is 0.740. The number of benzene rings is 2. The molecule has 0 atom stereocenters. The maximum Gasteiger partial charge on any atom is 0.187 e. The van der Waals surface area contributed by atoms with Crippen molar-refractivity contribution in [2.45, 2.75) is 20.8 Å². The Hall–Kier alpha value is -3.47. The van der Waals surface area contributed by atoms with E-state index < -0.39 is 0 Å². The lowest BCUT2D eigenvalue weighted by Crippen LogP contribution is -1.86. The van der Waals surface area contributed by atoms with Crippen LogP contribution in [0.25, 0.3) is 16.9 Å². The van der Waals surface area contributed by atoms with Crippen molar-refractivity contribution in [1.82, 2.24) is 9.38 Å². The van der Waals surface area contributed by atoms with Crippen LogP contribution >= 0.6 is 0 Å². The second-order valence-electron chi connectivity index (χ2n) is 6.72. The topological polar surface area (TPSA) is 62.2 Å². The molecule has 0 aliphatic carbocycles. The zero-order valence-electron chi connectivity index (χ0n) is 15.5. The molecule has 2 aromatic heterocycles. The quantitative estimate of drug-likeness (QED) is 0.454. The lowest BCUT2D eigenvalue weighted by molar-refractivity contribution is 0.476. The van der Waals surface area contributed by atoms with Crippen molar-refractivity contribution in [3.8, 4) is 17.0 Å². The maximum absolute atomic E-state index is 10.1. The van der Waals surface area contributed by atoms with Crippen LogP contribution in [0.3, 0.4) is 0 Å². The van der Waals surface area contributed by atoms with Gasteiger partial charge in [-0.1, -0.05) is 35.9 Å². The Morgan fingerprint density at radius 3 is 2.48 bits per heavy atom. The standard InChI is InChI=1S/C22H20N4O/c1-14-7-9-17(16(3)12-14)21-22(26-11-5-4-6-20(26)23-21)25-24-18-13-15(2)8-10-19(18)27/h4-13,27H,1-3H3. The Morgan fingerprint density at radius 1 is 0.889 bits per heavy atom. The number of hydrogen-bond acceptors (Lipinski definition) is 4. The summed E-state index contributed by atoms with van der Waals surface area (Å²) in [6.07, 6.45) is 1.92. The average Bonchev–Trinajstić information content (AvgIpc) is 3.01. The normalized spacial score (nSPS) is 11.5. The van der Waals surface area contributed by atoms with Crippen molar-refractivity contribution in [3.63, 3.8) is 0 Å². The zero-order chi connectivity index (χ0) is 19.0. The van der Waals surface area contributed by atoms with Crippen molar-refractivity contribution in [3.05, 3.63) is 77.5 Å². The summed E-state index contributed by atoms with van der Waals surface area (Å²) in [6, 6.07) is 17.4. The molecule has 0 aliphatic rings. The average molecular weight is 356 g/mol. The molecule has 134 valence electrons. The summed E-state index contributed by atoms with van der Waals surface area (Å²) in [4.78, 5) is 4.77. The third-order valence-corrected chi connectivity index (χ3v) is 4.53. The van der Waals surface area contributed by atoms with Gasteiger partial charge in [-0.25, -0.2) is 4.98 Å². The van der Waals surface area contributed by atoms with E-state index in [1.807, 2.05) is 41.8 Å². The number of fused-ring (bicyclic) bond motifs is 1. The van der Waals surface area contributed by atoms with Gasteiger partial charge < -0.3 is 5.11 Å². The minimum atomic E-state index is 0.103. The van der Waals surface area contributed by atoms with Crippen molar-refractivity contribution in [2.24, 2.45) is 10.2 Å². The second kappa shape index (κ2) is 6.68. The van der Waals surface area contributed by atoms with Crippen molar-refractivity contribution in [1.29, 1.82) is 0 Å². The third kappa shape index (κ3) is 3.19. The third-order valence-electron chi connectivity index (χ3n) is 4.53. The Bertz CT molecular complexity index is 1170. The van der Waals surface area contributed by atoms with E-state index in [4.69, 9.17) is 4.98 Å². The molecule has 0 saturated carbocycles. The SMILES string of the molecule is Cc1ccc(-c2nc3ccccn3c2N=Nc2cc(C)ccc2O)c(C)c1. The van der Waals surface area contributed by atoms with E-state index in [1.54, 1.807) is 12.1 Å². The molecule has 4 aromatic rings. The smallest absolute Gasteiger partial charge is 0.187 e. The predicted octanol–water partition coefficient (Wildman–Crippen LogP) is 6.05. The van der Waals surface area contributed by atoms with Crippen LogP contribution in [0.15, 0.2) is 71.0 Å². The molecule has 0 amide bonds. The number of nitrogens with zero attached hydrogens (tertiary/aromatic N) is 4. The van der Waals surface area contributed by atoms with Crippen LogP contribution in [-0.2, 0) is 0 Å². The lowest BCUT2D eigenvalue weighted by atomic mass is 10.0. The molecule has 5 heteroatoms. The van der Waals surface area contributed by atoms with E-state index in [2.05, 4.69) is 42.3 Å². The van der Waals surface area contributed by atoms with Crippen LogP contribution in [0.1, 0.15) is 16.7 Å². The Kier molecular flexibility index (Phi) is 4.20. The minimum Gasteiger partial charge on any atom is -0.506 e. The molecular weight excluding hydrogens is 336 g/mol. The summed E-state index contributed by atoms with van der Waals surface area (Å²) in [6.45, 7) is 6.09. The van der Waals surface area contributed by atoms with Gasteiger partial charge in [0.2, 0.25) is 0 Å². The van der Waals surface area contributed by atoms with Gasteiger partial charge in [-0.15, -0.1) is 10.2 Å². The Labute approximate surface area is 157 Å². The highest BCUT2D eigenvalue weighted by atomic mass is 16.3. The van der Waals surface area contributed by atoms with E-state index >= 15 is 0 Å². The summed E-state index contributed by atoms with van der Waals surface area (Å²) < 4.78 is 1.91. The number of phenols is 1. The van der Waals surface area contributed by atoms with E-state index in [1.165, 1.54) is 5.56 Å². The first kappa shape index (κ1) is 17.0. The molecule has 5 nitrogen and oxygen atoms in total. The molecule has 2 aromatic carbocycles. The molecule has 4 rings (SSSR count). The number of rotatable bonds is 3. The van der Waals surface area contributed by atoms with Gasteiger partial charge in [-0.05, 0) is 56.2 Å². The molecule has 0 radical (unpaired) electrons. The first-order valence-corrected chi connectivity index (χ1v) is 8.79. The first-order valence-electron chi connectivity index (χ1n) is 8.79. The minimum absolute atomic E-state index is 0.103. The number of pyridine rings is 1. The van der Waals surface area contributed by atoms with E-state index in [-0.39, 0.29) is 5.75 Å². The van der Waals surface area contributed by atoms with Crippen molar-refractivity contribution in [2.75, 3.05) is 0 Å². The molecule has 0 saturated heterocycles. The molecular formula is C22H20N4O. The largest absolute Gasteiger partial charge is 0.506 e. The monoisotopic (exact) mass is 356 g/mol. The Morgan fingerprint density at radius 2 is 1.67 bits per heavy atom. The van der Waals surface area contributed by atoms with Gasteiger partial charge in [0.05, 0.1) is 0 Å². The van der Waals surface area contributed by atoms with Crippen LogP contribution in [0.4, 0.5) is 11.5 Å². The van der Waals surface area contributed by atoms with Gasteiger partial charge in [-0.3, -0.25) is 4.40 Å². The number of imidazole rings is 1. The van der Waals surface area contributed by atoms with Crippen LogP contribution in [-0.4, -0.2) is 14.5 Å². The molecule has 0 fully saturated rings. The fourth-order valence-corrected chi connectivity index (χ4v) is 3.15. The highest BCUT2D eigenvalue weighted by Crippen LogP contribution is 2.35.